The van der Waals surface area contributed by atoms with Crippen molar-refractivity contribution in [2.45, 2.75) is 25.8 Å². The summed E-state index contributed by atoms with van der Waals surface area (Å²) in [6.45, 7) is 0.253. The van der Waals surface area contributed by atoms with E-state index in [0.29, 0.717) is 30.6 Å². The van der Waals surface area contributed by atoms with Crippen molar-refractivity contribution in [2.75, 3.05) is 4.90 Å². The number of anilines is 1. The lowest BCUT2D eigenvalue weighted by molar-refractivity contribution is -0.129. The number of amides is 2. The fraction of sp³-hybridized carbons (Fsp3) is 0.444. The Labute approximate surface area is 86.4 Å². The van der Waals surface area contributed by atoms with E-state index in [2.05, 4.69) is 10.2 Å². The minimum absolute atomic E-state index is 0.190. The lowest BCUT2D eigenvalue weighted by Gasteiger charge is -2.23. The van der Waals surface area contributed by atoms with Gasteiger partial charge < -0.3 is 5.73 Å². The highest BCUT2D eigenvalue weighted by molar-refractivity contribution is 6.16. The van der Waals surface area contributed by atoms with Crippen LogP contribution in [0.5, 0.6) is 0 Å². The summed E-state index contributed by atoms with van der Waals surface area (Å²) in [4.78, 5) is 24.3. The Morgan fingerprint density at radius 2 is 2.07 bits per heavy atom. The van der Waals surface area contributed by atoms with Crippen molar-refractivity contribution >= 4 is 17.6 Å². The van der Waals surface area contributed by atoms with Crippen molar-refractivity contribution in [3.63, 3.8) is 0 Å². The number of aromatic nitrogens is 2. The van der Waals surface area contributed by atoms with E-state index < -0.39 is 0 Å². The number of nitrogens with one attached hydrogen (secondary N) is 1. The molecule has 0 radical (unpaired) electrons. The summed E-state index contributed by atoms with van der Waals surface area (Å²) in [5.74, 6) is 0.0441. The molecule has 2 heterocycles. The molecule has 0 aromatic carbocycles. The van der Waals surface area contributed by atoms with Crippen LogP contribution in [0.15, 0.2) is 6.20 Å². The van der Waals surface area contributed by atoms with Gasteiger partial charge in [0, 0.05) is 24.9 Å². The molecule has 1 aliphatic rings. The van der Waals surface area contributed by atoms with Crippen LogP contribution in [0, 0.1) is 0 Å². The number of H-pyrrole nitrogens is 1. The van der Waals surface area contributed by atoms with Crippen molar-refractivity contribution in [1.82, 2.24) is 10.2 Å². The van der Waals surface area contributed by atoms with Gasteiger partial charge in [0.2, 0.25) is 11.8 Å². The minimum Gasteiger partial charge on any atom is -0.326 e. The van der Waals surface area contributed by atoms with Gasteiger partial charge >= 0.3 is 0 Å². The molecule has 1 saturated heterocycles. The first kappa shape index (κ1) is 9.85. The van der Waals surface area contributed by atoms with Gasteiger partial charge in [-0.2, -0.15) is 5.10 Å². The van der Waals surface area contributed by atoms with E-state index in [1.54, 1.807) is 0 Å². The van der Waals surface area contributed by atoms with E-state index in [4.69, 9.17) is 5.73 Å². The van der Waals surface area contributed by atoms with Crippen LogP contribution < -0.4 is 10.6 Å². The summed E-state index contributed by atoms with van der Waals surface area (Å²) in [5.41, 5.74) is 6.16. The van der Waals surface area contributed by atoms with Gasteiger partial charge in [0.25, 0.3) is 0 Å². The van der Waals surface area contributed by atoms with Gasteiger partial charge in [0.15, 0.2) is 0 Å². The second-order valence-corrected chi connectivity index (χ2v) is 3.42. The number of imide groups is 1. The highest BCUT2D eigenvalue weighted by Gasteiger charge is 2.29. The average molecular weight is 208 g/mol. The third-order valence-electron chi connectivity index (χ3n) is 2.42. The number of hydrogen-bond acceptors (Lipinski definition) is 4. The molecule has 2 rings (SSSR count). The van der Waals surface area contributed by atoms with Crippen molar-refractivity contribution in [2.24, 2.45) is 5.73 Å². The Morgan fingerprint density at radius 1 is 1.40 bits per heavy atom. The number of nitrogens with two attached hydrogens (primary N) is 1. The van der Waals surface area contributed by atoms with E-state index in [1.807, 2.05) is 0 Å². The molecule has 0 bridgehead atoms. The van der Waals surface area contributed by atoms with Gasteiger partial charge in [0.1, 0.15) is 5.82 Å². The summed E-state index contributed by atoms with van der Waals surface area (Å²) >= 11 is 0. The Bertz CT molecular complexity index is 383. The molecule has 3 N–H and O–H groups in total. The van der Waals surface area contributed by atoms with E-state index in [-0.39, 0.29) is 18.4 Å². The molecule has 0 atom stereocenters. The molecule has 6 heteroatoms. The second-order valence-electron chi connectivity index (χ2n) is 3.42. The molecular weight excluding hydrogens is 196 g/mol. The number of hydrogen-bond donors (Lipinski definition) is 2. The highest BCUT2D eigenvalue weighted by atomic mass is 16.2. The maximum absolute atomic E-state index is 11.6. The van der Waals surface area contributed by atoms with E-state index in [0.717, 1.165) is 4.90 Å². The highest BCUT2D eigenvalue weighted by Crippen LogP contribution is 2.22. The normalized spacial score (nSPS) is 17.3. The molecule has 1 aromatic heterocycles. The van der Waals surface area contributed by atoms with Crippen LogP contribution in [-0.2, 0) is 16.1 Å². The number of carbonyl (C=O) groups excluding carboxylic acids is 2. The first-order valence-corrected chi connectivity index (χ1v) is 4.82. The predicted octanol–water partition coefficient (Wildman–Crippen LogP) is -0.0881. The monoisotopic (exact) mass is 208 g/mol. The molecule has 0 saturated carbocycles. The van der Waals surface area contributed by atoms with Crippen molar-refractivity contribution in [3.05, 3.63) is 11.8 Å². The molecule has 0 spiro atoms. The van der Waals surface area contributed by atoms with Crippen LogP contribution in [0.25, 0.3) is 0 Å². The fourth-order valence-corrected chi connectivity index (χ4v) is 1.65. The van der Waals surface area contributed by atoms with Crippen LogP contribution in [0.4, 0.5) is 5.82 Å². The quantitative estimate of drug-likeness (QED) is 0.664. The van der Waals surface area contributed by atoms with Crippen LogP contribution in [-0.4, -0.2) is 22.0 Å². The minimum atomic E-state index is -0.190. The molecule has 2 amide bonds. The molecule has 15 heavy (non-hydrogen) atoms. The van der Waals surface area contributed by atoms with Gasteiger partial charge in [-0.05, 0) is 6.42 Å². The lowest BCUT2D eigenvalue weighted by atomic mass is 10.1. The lowest BCUT2D eigenvalue weighted by Crippen LogP contribution is -2.41. The van der Waals surface area contributed by atoms with E-state index in [1.165, 1.54) is 6.20 Å². The Hall–Kier alpha value is -1.69. The van der Waals surface area contributed by atoms with Crippen LogP contribution in [0.1, 0.15) is 24.8 Å². The average Bonchev–Trinajstić information content (AvgIpc) is 2.65. The van der Waals surface area contributed by atoms with Gasteiger partial charge in [-0.25, -0.2) is 4.90 Å². The van der Waals surface area contributed by atoms with Crippen LogP contribution in [0.3, 0.4) is 0 Å². The standard InChI is InChI=1S/C9H12N4O2/c10-4-6-5-11-12-9(6)13-7(14)2-1-3-8(13)15/h5H,1-4,10H2,(H,11,12). The molecule has 0 unspecified atom stereocenters. The van der Waals surface area contributed by atoms with Gasteiger partial charge in [0.05, 0.1) is 6.20 Å². The third kappa shape index (κ3) is 1.63. The number of carbonyl (C=O) groups is 2. The molecule has 1 fully saturated rings. The maximum atomic E-state index is 11.6. The third-order valence-corrected chi connectivity index (χ3v) is 2.42. The van der Waals surface area contributed by atoms with E-state index in [9.17, 15) is 9.59 Å². The molecule has 6 nitrogen and oxygen atoms in total. The van der Waals surface area contributed by atoms with Crippen LogP contribution in [0.2, 0.25) is 0 Å². The molecule has 80 valence electrons. The summed E-state index contributed by atoms with van der Waals surface area (Å²) < 4.78 is 0. The summed E-state index contributed by atoms with van der Waals surface area (Å²) in [6.07, 6.45) is 2.95. The predicted molar refractivity (Wildman–Crippen MR) is 52.8 cm³/mol. The largest absolute Gasteiger partial charge is 0.326 e. The topological polar surface area (TPSA) is 92.1 Å². The van der Waals surface area contributed by atoms with Crippen molar-refractivity contribution in [3.8, 4) is 0 Å². The van der Waals surface area contributed by atoms with Crippen LogP contribution >= 0.6 is 0 Å². The molecule has 1 aliphatic heterocycles. The van der Waals surface area contributed by atoms with Gasteiger partial charge in [-0.3, -0.25) is 14.7 Å². The number of aromatic amines is 1. The number of rotatable bonds is 2. The zero-order chi connectivity index (χ0) is 10.8. The first-order chi connectivity index (χ1) is 7.24. The summed E-state index contributed by atoms with van der Waals surface area (Å²) in [5, 5.41) is 6.43. The zero-order valence-electron chi connectivity index (χ0n) is 8.19. The Morgan fingerprint density at radius 3 is 2.67 bits per heavy atom. The first-order valence-electron chi connectivity index (χ1n) is 4.82. The number of nitrogens with zero attached hydrogens (tertiary/aromatic N) is 2. The Balaban J connectivity index is 2.35. The number of piperidine rings is 1. The fourth-order valence-electron chi connectivity index (χ4n) is 1.65. The zero-order valence-corrected chi connectivity index (χ0v) is 8.19. The SMILES string of the molecule is NCc1cn[nH]c1N1C(=O)CCCC1=O. The van der Waals surface area contributed by atoms with Crippen molar-refractivity contribution < 1.29 is 9.59 Å². The summed E-state index contributed by atoms with van der Waals surface area (Å²) in [7, 11) is 0. The van der Waals surface area contributed by atoms with Gasteiger partial charge in [-0.1, -0.05) is 0 Å². The second kappa shape index (κ2) is 3.82. The van der Waals surface area contributed by atoms with Gasteiger partial charge in [-0.15, -0.1) is 0 Å². The van der Waals surface area contributed by atoms with E-state index >= 15 is 0 Å². The Kier molecular flexibility index (Phi) is 2.51. The molecular formula is C9H12N4O2. The molecule has 1 aromatic rings. The summed E-state index contributed by atoms with van der Waals surface area (Å²) in [6, 6.07) is 0. The smallest absolute Gasteiger partial charge is 0.234 e. The van der Waals surface area contributed by atoms with Crippen molar-refractivity contribution in [1.29, 1.82) is 0 Å². The molecule has 0 aliphatic carbocycles. The maximum Gasteiger partial charge on any atom is 0.234 e.